The molecule has 4 aromatic rings. The minimum Gasteiger partial charge on any atom is -0.507 e. The summed E-state index contributed by atoms with van der Waals surface area (Å²) in [6.45, 7) is 5.16. The van der Waals surface area contributed by atoms with E-state index < -0.39 is 17.7 Å². The highest BCUT2D eigenvalue weighted by Gasteiger charge is 2.48. The van der Waals surface area contributed by atoms with Crippen LogP contribution in [0.3, 0.4) is 0 Å². The minimum atomic E-state index is -1.08. The van der Waals surface area contributed by atoms with Gasteiger partial charge in [0, 0.05) is 11.3 Å². The van der Waals surface area contributed by atoms with Crippen LogP contribution >= 0.6 is 23.1 Å². The molecule has 2 aliphatic heterocycles. The van der Waals surface area contributed by atoms with Crippen LogP contribution in [-0.2, 0) is 15.3 Å². The Balaban J connectivity index is 1.43. The summed E-state index contributed by atoms with van der Waals surface area (Å²) in [4.78, 5) is 28.6. The van der Waals surface area contributed by atoms with Gasteiger partial charge in [0.25, 0.3) is 5.78 Å². The number of halogens is 1. The maximum atomic E-state index is 14.2. The first kappa shape index (κ1) is 30.4. The third-order valence-electron chi connectivity index (χ3n) is 7.05. The van der Waals surface area contributed by atoms with Crippen LogP contribution in [0.25, 0.3) is 5.76 Å². The third kappa shape index (κ3) is 6.05. The quantitative estimate of drug-likeness (QED) is 0.0703. The zero-order valence-corrected chi connectivity index (χ0v) is 26.0. The Morgan fingerprint density at radius 3 is 2.53 bits per heavy atom. The predicted octanol–water partition coefficient (Wildman–Crippen LogP) is 6.16. The van der Waals surface area contributed by atoms with E-state index >= 15 is 0 Å². The van der Waals surface area contributed by atoms with Crippen molar-refractivity contribution in [3.05, 3.63) is 88.7 Å². The molecule has 1 saturated heterocycles. The van der Waals surface area contributed by atoms with E-state index in [1.165, 1.54) is 22.7 Å². The van der Waals surface area contributed by atoms with Crippen LogP contribution in [0, 0.1) is 5.82 Å². The average molecular weight is 650 g/mol. The number of carbonyl (C=O) groups excluding carboxylic acids is 2. The summed E-state index contributed by atoms with van der Waals surface area (Å²) in [5, 5.41) is 20.2. The highest BCUT2D eigenvalue weighted by atomic mass is 32.2. The number of aromatic nitrogens is 2. The van der Waals surface area contributed by atoms with Gasteiger partial charge in [-0.25, -0.2) is 4.39 Å². The molecule has 45 heavy (non-hydrogen) atoms. The van der Waals surface area contributed by atoms with Gasteiger partial charge in [-0.15, -0.1) is 10.2 Å². The second-order valence-corrected chi connectivity index (χ2v) is 12.0. The van der Waals surface area contributed by atoms with Crippen LogP contribution in [0.15, 0.2) is 70.6 Å². The third-order valence-corrected chi connectivity index (χ3v) is 9.16. The summed E-state index contributed by atoms with van der Waals surface area (Å²) in [5.74, 6) is -0.362. The van der Waals surface area contributed by atoms with Gasteiger partial charge in [-0.2, -0.15) is 0 Å². The van der Waals surface area contributed by atoms with E-state index in [9.17, 15) is 19.1 Å². The largest absolute Gasteiger partial charge is 0.507 e. The summed E-state index contributed by atoms with van der Waals surface area (Å²) < 4.78 is 37.5. The summed E-state index contributed by atoms with van der Waals surface area (Å²) >= 11 is 2.35. The molecule has 1 amide bonds. The summed E-state index contributed by atoms with van der Waals surface area (Å²) in [7, 11) is 0. The Labute approximate surface area is 266 Å². The molecule has 2 aliphatic rings. The zero-order chi connectivity index (χ0) is 31.5. The van der Waals surface area contributed by atoms with Gasteiger partial charge in [-0.05, 0) is 61.4 Å². The molecule has 3 heterocycles. The number of Topliss-reactive ketones (excluding diaryl/α,β-unsaturated/α-hetero) is 1. The smallest absolute Gasteiger partial charge is 0.301 e. The van der Waals surface area contributed by atoms with Crippen LogP contribution in [0.5, 0.6) is 23.0 Å². The van der Waals surface area contributed by atoms with Crippen molar-refractivity contribution < 1.29 is 38.0 Å². The number of aliphatic hydroxyl groups is 1. The molecule has 0 bridgehead atoms. The van der Waals surface area contributed by atoms with Gasteiger partial charge in [0.2, 0.25) is 5.13 Å². The lowest BCUT2D eigenvalue weighted by molar-refractivity contribution is -0.132. The van der Waals surface area contributed by atoms with Gasteiger partial charge in [0.05, 0.1) is 24.8 Å². The minimum absolute atomic E-state index is 0.140. The number of thioether (sulfide) groups is 1. The molecule has 0 unspecified atom stereocenters. The van der Waals surface area contributed by atoms with Gasteiger partial charge in [0.1, 0.15) is 24.8 Å². The number of hydrogen-bond donors (Lipinski definition) is 1. The van der Waals surface area contributed by atoms with E-state index in [4.69, 9.17) is 18.9 Å². The molecule has 10 nitrogen and oxygen atoms in total. The van der Waals surface area contributed by atoms with Crippen LogP contribution < -0.4 is 23.8 Å². The lowest BCUT2D eigenvalue weighted by Crippen LogP contribution is -2.29. The van der Waals surface area contributed by atoms with Crippen LogP contribution in [-0.4, -0.2) is 53.4 Å². The van der Waals surface area contributed by atoms with Crippen LogP contribution in [0.1, 0.15) is 36.6 Å². The molecule has 1 aromatic heterocycles. The van der Waals surface area contributed by atoms with Crippen molar-refractivity contribution >= 4 is 45.7 Å². The van der Waals surface area contributed by atoms with Crippen LogP contribution in [0.2, 0.25) is 0 Å². The molecular formula is C32H28FN3O7S2. The van der Waals surface area contributed by atoms with E-state index in [0.29, 0.717) is 70.6 Å². The first-order valence-electron chi connectivity index (χ1n) is 14.2. The Bertz CT molecular complexity index is 1790. The number of ketones is 1. The number of hydrogen-bond acceptors (Lipinski definition) is 11. The lowest BCUT2D eigenvalue weighted by atomic mass is 9.95. The molecule has 0 saturated carbocycles. The Hall–Kier alpha value is -4.62. The first-order chi connectivity index (χ1) is 21.9. The van der Waals surface area contributed by atoms with Crippen molar-refractivity contribution in [1.29, 1.82) is 0 Å². The second-order valence-electron chi connectivity index (χ2n) is 9.83. The number of anilines is 1. The van der Waals surface area contributed by atoms with E-state index in [1.54, 1.807) is 54.6 Å². The van der Waals surface area contributed by atoms with E-state index in [0.717, 1.165) is 11.3 Å². The van der Waals surface area contributed by atoms with Crippen molar-refractivity contribution in [2.75, 3.05) is 31.3 Å². The Morgan fingerprint density at radius 2 is 1.76 bits per heavy atom. The molecule has 232 valence electrons. The lowest BCUT2D eigenvalue weighted by Gasteiger charge is -2.24. The summed E-state index contributed by atoms with van der Waals surface area (Å²) in [6, 6.07) is 15.3. The number of carbonyl (C=O) groups is 2. The van der Waals surface area contributed by atoms with Crippen molar-refractivity contribution in [2.45, 2.75) is 30.0 Å². The van der Waals surface area contributed by atoms with E-state index in [1.807, 2.05) is 13.8 Å². The molecule has 3 aromatic carbocycles. The summed E-state index contributed by atoms with van der Waals surface area (Å²) in [5.41, 5.74) is 1.11. The summed E-state index contributed by atoms with van der Waals surface area (Å²) in [6.07, 6.45) is 0. The highest BCUT2D eigenvalue weighted by molar-refractivity contribution is 8.00. The number of fused-ring (bicyclic) bond motifs is 1. The standard InChI is InChI=1S/C32H28FN3O7S2/c1-3-40-22-11-9-18(15-24(22)41-4-2)27-26(28(37)19-10-12-23-25(16-19)43-14-13-42-23)29(38)30(39)36(27)31-34-35-32(45-31)44-17-20-7-5-6-8-21(20)33/h5-12,15-16,27,37H,3-4,13-14,17H2,1-2H3/t27-/m0/s1. The average Bonchev–Trinajstić information content (AvgIpc) is 3.62. The number of nitrogens with zero attached hydrogens (tertiary/aromatic N) is 3. The van der Waals surface area contributed by atoms with Gasteiger partial charge in [0.15, 0.2) is 27.3 Å². The topological polar surface area (TPSA) is 120 Å². The maximum Gasteiger partial charge on any atom is 0.301 e. The number of ether oxygens (including phenoxy) is 4. The van der Waals surface area contributed by atoms with Gasteiger partial charge in [-0.1, -0.05) is 47.4 Å². The second kappa shape index (κ2) is 13.2. The molecule has 1 N–H and O–H groups in total. The van der Waals surface area contributed by atoms with Gasteiger partial charge < -0.3 is 24.1 Å². The zero-order valence-electron chi connectivity index (χ0n) is 24.3. The Morgan fingerprint density at radius 1 is 1.00 bits per heavy atom. The number of rotatable bonds is 10. The van der Waals surface area contributed by atoms with Crippen molar-refractivity contribution in [1.82, 2.24) is 10.2 Å². The number of aliphatic hydroxyl groups excluding tert-OH is 1. The molecule has 1 fully saturated rings. The van der Waals surface area contributed by atoms with Gasteiger partial charge in [-0.3, -0.25) is 14.5 Å². The van der Waals surface area contributed by atoms with Crippen molar-refractivity contribution in [3.8, 4) is 23.0 Å². The first-order valence-corrected chi connectivity index (χ1v) is 16.0. The Kier molecular flexibility index (Phi) is 8.90. The van der Waals surface area contributed by atoms with Crippen molar-refractivity contribution in [3.63, 3.8) is 0 Å². The molecule has 0 aliphatic carbocycles. The number of amides is 1. The normalized spacial score (nSPS) is 17.0. The van der Waals surface area contributed by atoms with E-state index in [2.05, 4.69) is 10.2 Å². The predicted molar refractivity (Wildman–Crippen MR) is 167 cm³/mol. The highest BCUT2D eigenvalue weighted by Crippen LogP contribution is 2.46. The fourth-order valence-corrected chi connectivity index (χ4v) is 6.90. The van der Waals surface area contributed by atoms with Gasteiger partial charge >= 0.3 is 5.91 Å². The molecule has 0 radical (unpaired) electrons. The number of benzene rings is 3. The monoisotopic (exact) mass is 649 g/mol. The fraction of sp³-hybridized carbons (Fsp3) is 0.250. The molecule has 0 spiro atoms. The molecule has 6 rings (SSSR count). The van der Waals surface area contributed by atoms with Crippen molar-refractivity contribution in [2.24, 2.45) is 0 Å². The molecular weight excluding hydrogens is 621 g/mol. The fourth-order valence-electron chi connectivity index (χ4n) is 5.04. The maximum absolute atomic E-state index is 14.2. The molecule has 1 atom stereocenters. The van der Waals surface area contributed by atoms with E-state index in [-0.39, 0.29) is 27.8 Å². The van der Waals surface area contributed by atoms with Crippen LogP contribution in [0.4, 0.5) is 9.52 Å². The molecule has 13 heteroatoms. The SMILES string of the molecule is CCOc1ccc([C@H]2C(=C(O)c3ccc4c(c3)OCCO4)C(=O)C(=O)N2c2nnc(SCc3ccccc3F)s2)cc1OCC.